The monoisotopic (exact) mass is 367 g/mol. The second kappa shape index (κ2) is 6.95. The summed E-state index contributed by atoms with van der Waals surface area (Å²) in [6.07, 6.45) is 1.72. The Morgan fingerprint density at radius 2 is 1.96 bits per heavy atom. The molecule has 1 amide bonds. The second-order valence-electron chi connectivity index (χ2n) is 5.62. The summed E-state index contributed by atoms with van der Waals surface area (Å²) < 4.78 is 47.4. The standard InChI is InChI=1S/C16H18FN3O4S/c1-19-6-2-3-14(19)16(21)18-12-4-5-13(17)15(11-12)25(22,23)20-7-9-24-10-8-20/h2-6,11H,7-10H2,1H3,(H,18,21). The molecule has 1 aliphatic heterocycles. The number of nitrogens with zero attached hydrogens (tertiary/aromatic N) is 2. The van der Waals surface area contributed by atoms with Crippen molar-refractivity contribution in [1.82, 2.24) is 8.87 Å². The quantitative estimate of drug-likeness (QED) is 0.887. The van der Waals surface area contributed by atoms with Gasteiger partial charge >= 0.3 is 0 Å². The Labute approximate surface area is 145 Å². The van der Waals surface area contributed by atoms with Gasteiger partial charge in [-0.2, -0.15) is 4.31 Å². The van der Waals surface area contributed by atoms with Crippen LogP contribution in [-0.4, -0.2) is 49.5 Å². The van der Waals surface area contributed by atoms with Crippen molar-refractivity contribution in [3.63, 3.8) is 0 Å². The molecule has 2 aromatic rings. The van der Waals surface area contributed by atoms with E-state index in [-0.39, 0.29) is 32.0 Å². The van der Waals surface area contributed by atoms with Gasteiger partial charge in [0.05, 0.1) is 13.2 Å². The molecule has 1 aliphatic rings. The molecule has 1 fully saturated rings. The maximum Gasteiger partial charge on any atom is 0.272 e. The van der Waals surface area contributed by atoms with Crippen LogP contribution in [0.15, 0.2) is 41.4 Å². The first-order valence-corrected chi connectivity index (χ1v) is 9.14. The number of aryl methyl sites for hydroxylation is 1. The molecule has 0 saturated carbocycles. The molecule has 3 rings (SSSR count). The lowest BCUT2D eigenvalue weighted by Crippen LogP contribution is -2.40. The van der Waals surface area contributed by atoms with E-state index >= 15 is 0 Å². The second-order valence-corrected chi connectivity index (χ2v) is 7.53. The van der Waals surface area contributed by atoms with Crippen molar-refractivity contribution in [2.45, 2.75) is 4.90 Å². The normalized spacial score (nSPS) is 15.9. The van der Waals surface area contributed by atoms with Gasteiger partial charge in [-0.3, -0.25) is 4.79 Å². The Balaban J connectivity index is 1.88. The Morgan fingerprint density at radius 3 is 2.60 bits per heavy atom. The number of nitrogens with one attached hydrogen (secondary N) is 1. The van der Waals surface area contributed by atoms with Gasteiger partial charge in [0.2, 0.25) is 10.0 Å². The highest BCUT2D eigenvalue weighted by molar-refractivity contribution is 7.89. The first kappa shape index (κ1) is 17.6. The number of ether oxygens (including phenoxy) is 1. The van der Waals surface area contributed by atoms with E-state index < -0.39 is 26.6 Å². The highest BCUT2D eigenvalue weighted by Crippen LogP contribution is 2.24. The van der Waals surface area contributed by atoms with Crippen LogP contribution in [0.25, 0.3) is 0 Å². The van der Waals surface area contributed by atoms with Gasteiger partial charge < -0.3 is 14.6 Å². The van der Waals surface area contributed by atoms with E-state index in [0.29, 0.717) is 5.69 Å². The molecule has 1 saturated heterocycles. The summed E-state index contributed by atoms with van der Waals surface area (Å²) in [6.45, 7) is 0.874. The van der Waals surface area contributed by atoms with Crippen LogP contribution in [0.4, 0.5) is 10.1 Å². The third-order valence-corrected chi connectivity index (χ3v) is 5.87. The summed E-state index contributed by atoms with van der Waals surface area (Å²) in [7, 11) is -2.27. The van der Waals surface area contributed by atoms with Crippen molar-refractivity contribution >= 4 is 21.6 Å². The molecule has 9 heteroatoms. The van der Waals surface area contributed by atoms with Gasteiger partial charge in [-0.1, -0.05) is 0 Å². The summed E-state index contributed by atoms with van der Waals surface area (Å²) in [5, 5.41) is 2.59. The molecule has 0 bridgehead atoms. The Bertz CT molecular complexity index is 889. The number of aromatic nitrogens is 1. The molecule has 1 aromatic heterocycles. The smallest absolute Gasteiger partial charge is 0.272 e. The summed E-state index contributed by atoms with van der Waals surface area (Å²) in [5.74, 6) is -1.27. The minimum absolute atomic E-state index is 0.168. The molecule has 1 N–H and O–H groups in total. The topological polar surface area (TPSA) is 80.6 Å². The average Bonchev–Trinajstić information content (AvgIpc) is 3.03. The molecular formula is C16H18FN3O4S. The number of rotatable bonds is 4. The number of morpholine rings is 1. The lowest BCUT2D eigenvalue weighted by Gasteiger charge is -2.26. The van der Waals surface area contributed by atoms with Crippen LogP contribution < -0.4 is 5.32 Å². The Morgan fingerprint density at radius 1 is 1.24 bits per heavy atom. The largest absolute Gasteiger partial charge is 0.379 e. The molecule has 25 heavy (non-hydrogen) atoms. The first-order valence-electron chi connectivity index (χ1n) is 7.70. The van der Waals surface area contributed by atoms with E-state index in [2.05, 4.69) is 5.32 Å². The third kappa shape index (κ3) is 3.58. The van der Waals surface area contributed by atoms with E-state index in [1.54, 1.807) is 29.9 Å². The van der Waals surface area contributed by atoms with Crippen molar-refractivity contribution in [2.24, 2.45) is 7.05 Å². The molecule has 2 heterocycles. The van der Waals surface area contributed by atoms with Gasteiger partial charge in [-0.15, -0.1) is 0 Å². The Hall–Kier alpha value is -2.23. The van der Waals surface area contributed by atoms with E-state index in [1.807, 2.05) is 0 Å². The number of amides is 1. The molecule has 7 nitrogen and oxygen atoms in total. The lowest BCUT2D eigenvalue weighted by molar-refractivity contribution is 0.0729. The van der Waals surface area contributed by atoms with Crippen molar-refractivity contribution in [3.05, 3.63) is 48.0 Å². The van der Waals surface area contributed by atoms with Crippen LogP contribution in [0.5, 0.6) is 0 Å². The average molecular weight is 367 g/mol. The van der Waals surface area contributed by atoms with Gasteiger partial charge in [0.1, 0.15) is 16.4 Å². The summed E-state index contributed by atoms with van der Waals surface area (Å²) in [4.78, 5) is 11.8. The van der Waals surface area contributed by atoms with E-state index in [1.165, 1.54) is 10.4 Å². The van der Waals surface area contributed by atoms with Crippen molar-refractivity contribution in [1.29, 1.82) is 0 Å². The fourth-order valence-electron chi connectivity index (χ4n) is 2.60. The number of hydrogen-bond acceptors (Lipinski definition) is 4. The lowest BCUT2D eigenvalue weighted by atomic mass is 10.3. The molecule has 0 unspecified atom stereocenters. The SMILES string of the molecule is Cn1cccc1C(=O)Nc1ccc(F)c(S(=O)(=O)N2CCOCC2)c1. The predicted molar refractivity (Wildman–Crippen MR) is 89.3 cm³/mol. The first-order chi connectivity index (χ1) is 11.9. The summed E-state index contributed by atoms with van der Waals surface area (Å²) in [6, 6.07) is 6.85. The molecular weight excluding hydrogens is 349 g/mol. The number of sulfonamides is 1. The van der Waals surface area contributed by atoms with Crippen LogP contribution in [0, 0.1) is 5.82 Å². The van der Waals surface area contributed by atoms with Crippen molar-refractivity contribution < 1.29 is 22.3 Å². The van der Waals surface area contributed by atoms with Gasteiger partial charge in [0.25, 0.3) is 5.91 Å². The molecule has 134 valence electrons. The maximum atomic E-state index is 14.1. The zero-order chi connectivity index (χ0) is 18.0. The number of hydrogen-bond donors (Lipinski definition) is 1. The van der Waals surface area contributed by atoms with Gasteiger partial charge in [-0.05, 0) is 30.3 Å². The van der Waals surface area contributed by atoms with Gasteiger partial charge in [-0.25, -0.2) is 12.8 Å². The molecule has 0 atom stereocenters. The molecule has 0 aliphatic carbocycles. The zero-order valence-corrected chi connectivity index (χ0v) is 14.4. The fraction of sp³-hybridized carbons (Fsp3) is 0.312. The molecule has 1 aromatic carbocycles. The number of benzene rings is 1. The number of halogens is 1. The van der Waals surface area contributed by atoms with Crippen LogP contribution in [0.1, 0.15) is 10.5 Å². The van der Waals surface area contributed by atoms with Gasteiger partial charge in [0, 0.05) is 32.0 Å². The number of carbonyl (C=O) groups is 1. The predicted octanol–water partition coefficient (Wildman–Crippen LogP) is 1.44. The molecule has 0 spiro atoms. The van der Waals surface area contributed by atoms with Crippen molar-refractivity contribution in [3.8, 4) is 0 Å². The minimum Gasteiger partial charge on any atom is -0.379 e. The van der Waals surface area contributed by atoms with Gasteiger partial charge in [0.15, 0.2) is 0 Å². The minimum atomic E-state index is -3.99. The summed E-state index contributed by atoms with van der Waals surface area (Å²) >= 11 is 0. The third-order valence-electron chi connectivity index (χ3n) is 3.95. The van der Waals surface area contributed by atoms with Crippen LogP contribution in [0.2, 0.25) is 0 Å². The van der Waals surface area contributed by atoms with E-state index in [4.69, 9.17) is 4.74 Å². The highest BCUT2D eigenvalue weighted by Gasteiger charge is 2.29. The summed E-state index contributed by atoms with van der Waals surface area (Å²) in [5.41, 5.74) is 0.612. The fourth-order valence-corrected chi connectivity index (χ4v) is 4.10. The van der Waals surface area contributed by atoms with Crippen LogP contribution >= 0.6 is 0 Å². The zero-order valence-electron chi connectivity index (χ0n) is 13.6. The van der Waals surface area contributed by atoms with E-state index in [0.717, 1.165) is 12.1 Å². The highest BCUT2D eigenvalue weighted by atomic mass is 32.2. The Kier molecular flexibility index (Phi) is 4.89. The maximum absolute atomic E-state index is 14.1. The van der Waals surface area contributed by atoms with Crippen LogP contribution in [-0.2, 0) is 21.8 Å². The number of carbonyl (C=O) groups excluding carboxylic acids is 1. The van der Waals surface area contributed by atoms with Crippen molar-refractivity contribution in [2.75, 3.05) is 31.6 Å². The van der Waals surface area contributed by atoms with E-state index in [9.17, 15) is 17.6 Å². The number of anilines is 1. The van der Waals surface area contributed by atoms with Crippen LogP contribution in [0.3, 0.4) is 0 Å². The molecule has 0 radical (unpaired) electrons.